The van der Waals surface area contributed by atoms with E-state index in [0.29, 0.717) is 56.8 Å². The van der Waals surface area contributed by atoms with Crippen LogP contribution in [0, 0.1) is 0 Å². The molecule has 0 atom stereocenters. The quantitative estimate of drug-likeness (QED) is 0.703. The number of hydrogen-bond acceptors (Lipinski definition) is 7. The molecule has 0 saturated heterocycles. The van der Waals surface area contributed by atoms with Crippen LogP contribution in [0.15, 0.2) is 18.2 Å². The zero-order chi connectivity index (χ0) is 18.6. The molecule has 1 heterocycles. The van der Waals surface area contributed by atoms with Crippen molar-refractivity contribution in [3.63, 3.8) is 0 Å². The zero-order valence-corrected chi connectivity index (χ0v) is 14.7. The normalized spacial score (nSPS) is 18.0. The van der Waals surface area contributed by atoms with Crippen molar-refractivity contribution in [3.8, 4) is 17.2 Å². The van der Waals surface area contributed by atoms with Crippen LogP contribution in [0.5, 0.6) is 17.2 Å². The molecule has 0 saturated carbocycles. The third-order valence-electron chi connectivity index (χ3n) is 3.37. The minimum atomic E-state index is -0.282. The first kappa shape index (κ1) is 19.8. The highest BCUT2D eigenvalue weighted by Crippen LogP contribution is 2.36. The fourth-order valence-electron chi connectivity index (χ4n) is 2.16. The topological polar surface area (TPSA) is 104 Å². The predicted octanol–water partition coefficient (Wildman–Crippen LogP) is -0.268. The van der Waals surface area contributed by atoms with Gasteiger partial charge in [0.2, 0.25) is 5.75 Å². The van der Waals surface area contributed by atoms with E-state index in [2.05, 4.69) is 10.6 Å². The predicted molar refractivity (Wildman–Crippen MR) is 91.6 cm³/mol. The Morgan fingerprint density at radius 1 is 0.846 bits per heavy atom. The summed E-state index contributed by atoms with van der Waals surface area (Å²) in [5, 5.41) is 5.38. The van der Waals surface area contributed by atoms with Gasteiger partial charge < -0.3 is 34.3 Å². The van der Waals surface area contributed by atoms with Gasteiger partial charge in [0.25, 0.3) is 11.8 Å². The maximum absolute atomic E-state index is 11.8. The first-order valence-electron chi connectivity index (χ1n) is 8.32. The molecule has 2 bridgehead atoms. The van der Waals surface area contributed by atoms with Crippen molar-refractivity contribution in [2.45, 2.75) is 0 Å². The van der Waals surface area contributed by atoms with Crippen LogP contribution >= 0.6 is 0 Å². The first-order chi connectivity index (χ1) is 12.7. The molecule has 0 aliphatic carbocycles. The number of nitrogens with one attached hydrogen (secondary N) is 2. The third kappa shape index (κ3) is 6.77. The third-order valence-corrected chi connectivity index (χ3v) is 3.37. The van der Waals surface area contributed by atoms with Crippen LogP contribution in [0.25, 0.3) is 0 Å². The van der Waals surface area contributed by atoms with Gasteiger partial charge in [0.1, 0.15) is 0 Å². The second kappa shape index (κ2) is 11.2. The van der Waals surface area contributed by atoms with Crippen molar-refractivity contribution in [3.05, 3.63) is 18.2 Å². The minimum Gasteiger partial charge on any atom is -0.490 e. The Hall–Kier alpha value is -2.52. The molecular weight excluding hydrogens is 344 g/mol. The van der Waals surface area contributed by atoms with Crippen molar-refractivity contribution in [2.75, 3.05) is 59.8 Å². The average Bonchev–Trinajstić information content (AvgIpc) is 2.65. The molecule has 1 aromatic rings. The number of fused-ring (bicyclic) bond motifs is 2. The molecule has 0 fully saturated rings. The fourth-order valence-corrected chi connectivity index (χ4v) is 2.16. The molecule has 2 N–H and O–H groups in total. The number of rotatable bonds is 1. The van der Waals surface area contributed by atoms with E-state index in [9.17, 15) is 9.59 Å². The Labute approximate surface area is 151 Å². The molecule has 0 radical (unpaired) electrons. The smallest absolute Gasteiger partial charge is 0.258 e. The van der Waals surface area contributed by atoms with Crippen LogP contribution in [0.3, 0.4) is 0 Å². The molecule has 0 aromatic heterocycles. The molecule has 1 aromatic carbocycles. The van der Waals surface area contributed by atoms with Gasteiger partial charge in [-0.2, -0.15) is 0 Å². The summed E-state index contributed by atoms with van der Waals surface area (Å²) in [4.78, 5) is 23.6. The second-order valence-electron chi connectivity index (χ2n) is 5.29. The number of benzene rings is 1. The molecule has 26 heavy (non-hydrogen) atoms. The number of carbonyl (C=O) groups is 2. The summed E-state index contributed by atoms with van der Waals surface area (Å²) >= 11 is 0. The highest BCUT2D eigenvalue weighted by molar-refractivity contribution is 5.78. The van der Waals surface area contributed by atoms with E-state index in [1.807, 2.05) is 0 Å². The van der Waals surface area contributed by atoms with Crippen molar-refractivity contribution >= 4 is 11.8 Å². The van der Waals surface area contributed by atoms with Gasteiger partial charge in [0.15, 0.2) is 24.7 Å². The summed E-state index contributed by atoms with van der Waals surface area (Å²) < 4.78 is 26.9. The minimum absolute atomic E-state index is 0.177. The van der Waals surface area contributed by atoms with Crippen molar-refractivity contribution in [1.29, 1.82) is 0 Å². The monoisotopic (exact) mass is 368 g/mol. The van der Waals surface area contributed by atoms with Gasteiger partial charge in [0.05, 0.1) is 33.5 Å². The van der Waals surface area contributed by atoms with Crippen LogP contribution in [-0.4, -0.2) is 71.7 Å². The number of para-hydroxylation sites is 1. The van der Waals surface area contributed by atoms with Gasteiger partial charge in [-0.1, -0.05) is 6.07 Å². The van der Waals surface area contributed by atoms with Crippen LogP contribution in [0.1, 0.15) is 0 Å². The Balaban J connectivity index is 2.02. The first-order valence-corrected chi connectivity index (χ1v) is 8.32. The molecule has 2 rings (SSSR count). The number of ether oxygens (including phenoxy) is 5. The summed E-state index contributed by atoms with van der Waals surface area (Å²) in [5.41, 5.74) is 0. The Bertz CT molecular complexity index is 548. The molecule has 1 aliphatic heterocycles. The van der Waals surface area contributed by atoms with Crippen LogP contribution in [-0.2, 0) is 19.1 Å². The lowest BCUT2D eigenvalue weighted by molar-refractivity contribution is -0.124. The summed E-state index contributed by atoms with van der Waals surface area (Å²) in [6.07, 6.45) is 0. The van der Waals surface area contributed by atoms with Crippen LogP contribution in [0.2, 0.25) is 0 Å². The molecule has 9 heteroatoms. The van der Waals surface area contributed by atoms with Crippen LogP contribution in [0.4, 0.5) is 0 Å². The number of hydrogen-bond donors (Lipinski definition) is 2. The van der Waals surface area contributed by atoms with Gasteiger partial charge in [-0.3, -0.25) is 9.59 Å². The van der Waals surface area contributed by atoms with E-state index in [1.165, 1.54) is 7.11 Å². The molecule has 1 aliphatic rings. The fraction of sp³-hybridized carbons (Fsp3) is 0.529. The van der Waals surface area contributed by atoms with Gasteiger partial charge in [-0.05, 0) is 12.1 Å². The molecule has 2 amide bonds. The van der Waals surface area contributed by atoms with Gasteiger partial charge >= 0.3 is 0 Å². The second-order valence-corrected chi connectivity index (χ2v) is 5.29. The highest BCUT2D eigenvalue weighted by Gasteiger charge is 2.14. The summed E-state index contributed by atoms with van der Waals surface area (Å²) in [6.45, 7) is 1.96. The van der Waals surface area contributed by atoms with Crippen molar-refractivity contribution < 1.29 is 33.3 Å². The molecule has 0 unspecified atom stereocenters. The largest absolute Gasteiger partial charge is 0.490 e. The summed E-state index contributed by atoms with van der Waals surface area (Å²) in [7, 11) is 1.46. The Morgan fingerprint density at radius 2 is 1.35 bits per heavy atom. The Kier molecular flexibility index (Phi) is 8.50. The SMILES string of the molecule is COc1c2cccc1OCC(=O)NCCOCCOCCNC(=O)CO2. The van der Waals surface area contributed by atoms with Crippen molar-refractivity contribution in [2.24, 2.45) is 0 Å². The highest BCUT2D eigenvalue weighted by atomic mass is 16.5. The summed E-state index contributed by atoms with van der Waals surface area (Å²) in [5.74, 6) is 0.454. The van der Waals surface area contributed by atoms with E-state index in [-0.39, 0.29) is 25.0 Å². The van der Waals surface area contributed by atoms with E-state index >= 15 is 0 Å². The number of amides is 2. The molecule has 144 valence electrons. The summed E-state index contributed by atoms with van der Waals surface area (Å²) in [6, 6.07) is 5.00. The molecule has 0 spiro atoms. The maximum atomic E-state index is 11.8. The van der Waals surface area contributed by atoms with E-state index in [4.69, 9.17) is 23.7 Å². The van der Waals surface area contributed by atoms with Gasteiger partial charge in [-0.15, -0.1) is 0 Å². The average molecular weight is 368 g/mol. The van der Waals surface area contributed by atoms with Gasteiger partial charge in [-0.25, -0.2) is 0 Å². The molecule has 9 nitrogen and oxygen atoms in total. The number of methoxy groups -OCH3 is 1. The standard InChI is InChI=1S/C17H24N2O7/c1-22-17-13-3-2-4-14(17)26-12-16(21)19-6-8-24-10-9-23-7-5-18-15(20)11-25-13/h2-4H,5-12H2,1H3,(H,18,20)(H,19,21). The molecular formula is C17H24N2O7. The Morgan fingerprint density at radius 3 is 1.81 bits per heavy atom. The van der Waals surface area contributed by atoms with Gasteiger partial charge in [0, 0.05) is 13.1 Å². The lowest BCUT2D eigenvalue weighted by Gasteiger charge is -2.15. The lowest BCUT2D eigenvalue weighted by atomic mass is 10.3. The number of carbonyl (C=O) groups excluding carboxylic acids is 2. The zero-order valence-electron chi connectivity index (χ0n) is 14.7. The van der Waals surface area contributed by atoms with E-state index in [1.54, 1.807) is 18.2 Å². The maximum Gasteiger partial charge on any atom is 0.258 e. The van der Waals surface area contributed by atoms with Crippen molar-refractivity contribution in [1.82, 2.24) is 10.6 Å². The lowest BCUT2D eigenvalue weighted by Crippen LogP contribution is -2.32. The van der Waals surface area contributed by atoms with E-state index < -0.39 is 0 Å². The van der Waals surface area contributed by atoms with Crippen LogP contribution < -0.4 is 24.8 Å². The van der Waals surface area contributed by atoms with E-state index in [0.717, 1.165) is 0 Å².